The minimum absolute atomic E-state index is 0.0279. The van der Waals surface area contributed by atoms with Crippen molar-refractivity contribution in [2.75, 3.05) is 6.61 Å². The molecule has 0 bridgehead atoms. The van der Waals surface area contributed by atoms with Gasteiger partial charge in [-0.3, -0.25) is 4.79 Å². The van der Waals surface area contributed by atoms with Gasteiger partial charge in [0, 0.05) is 11.3 Å². The van der Waals surface area contributed by atoms with Gasteiger partial charge in [0.2, 0.25) is 0 Å². The topological polar surface area (TPSA) is 196 Å². The van der Waals surface area contributed by atoms with Crippen molar-refractivity contribution in [3.8, 4) is 0 Å². The normalized spacial score (nSPS) is 59.2. The SMILES string of the molecule is CC(=O)[C@]1(C)CC[C@@]2(C)[C@H]1[C@@H](O)C[C@]1(C)[C@@H]2[C@H](O)C[C@@H]2[C@@]3(C)CC[C@H](O[C@H]4OC[C@H](O)[C@H](O)[C@@H]4O[C@@H]4O[C@@H](C)[C@H](O)[C@@H](O)[C@H]4O)C(C)(C)[C@@H]3CC[C@]21C. The molecule has 2 saturated heterocycles. The molecule has 7 fully saturated rings. The molecule has 2 aliphatic heterocycles. The van der Waals surface area contributed by atoms with E-state index in [4.69, 9.17) is 18.9 Å². The van der Waals surface area contributed by atoms with Crippen LogP contribution in [0.25, 0.3) is 0 Å². The summed E-state index contributed by atoms with van der Waals surface area (Å²) in [7, 11) is 0. The molecule has 0 unspecified atom stereocenters. The Morgan fingerprint density at radius 1 is 0.660 bits per heavy atom. The summed E-state index contributed by atoms with van der Waals surface area (Å²) in [4.78, 5) is 13.1. The van der Waals surface area contributed by atoms with E-state index in [2.05, 4.69) is 41.5 Å². The predicted molar refractivity (Wildman–Crippen MR) is 192 cm³/mol. The van der Waals surface area contributed by atoms with Crippen molar-refractivity contribution in [1.82, 2.24) is 0 Å². The molecule has 0 spiro atoms. The van der Waals surface area contributed by atoms with Gasteiger partial charge in [-0.05, 0) is 110 Å². The maximum atomic E-state index is 13.1. The molecule has 0 amide bonds. The van der Waals surface area contributed by atoms with Crippen molar-refractivity contribution in [3.05, 3.63) is 0 Å². The largest absolute Gasteiger partial charge is 0.393 e. The summed E-state index contributed by atoms with van der Waals surface area (Å²) in [5.41, 5.74) is -1.96. The molecule has 21 atom stereocenters. The van der Waals surface area contributed by atoms with Crippen LogP contribution in [-0.2, 0) is 23.7 Å². The number of ketones is 1. The third-order valence-electron chi connectivity index (χ3n) is 17.8. The highest BCUT2D eigenvalue weighted by atomic mass is 16.8. The van der Waals surface area contributed by atoms with E-state index in [1.54, 1.807) is 13.8 Å². The summed E-state index contributed by atoms with van der Waals surface area (Å²) >= 11 is 0. The monoisotopic (exact) mass is 752 g/mol. The number of aliphatic hydroxyl groups is 7. The molecular formula is C41H68O12. The smallest absolute Gasteiger partial charge is 0.187 e. The second-order valence-electron chi connectivity index (χ2n) is 20.5. The maximum Gasteiger partial charge on any atom is 0.187 e. The van der Waals surface area contributed by atoms with E-state index in [-0.39, 0.29) is 69.2 Å². The fourth-order valence-corrected chi connectivity index (χ4v) is 14.9. The highest BCUT2D eigenvalue weighted by Gasteiger charge is 2.75. The number of rotatable bonds is 5. The lowest BCUT2D eigenvalue weighted by atomic mass is 9.31. The van der Waals surface area contributed by atoms with Crippen molar-refractivity contribution < 1.29 is 59.5 Å². The number of hydrogen-bond acceptors (Lipinski definition) is 12. The van der Waals surface area contributed by atoms with Gasteiger partial charge in [-0.2, -0.15) is 0 Å². The molecular weight excluding hydrogens is 684 g/mol. The van der Waals surface area contributed by atoms with Crippen molar-refractivity contribution in [2.24, 2.45) is 56.2 Å². The first kappa shape index (κ1) is 40.4. The molecule has 2 heterocycles. The number of carbonyl (C=O) groups is 1. The number of hydrogen-bond donors (Lipinski definition) is 7. The lowest BCUT2D eigenvalue weighted by Gasteiger charge is -2.74. The second-order valence-corrected chi connectivity index (χ2v) is 20.5. The Morgan fingerprint density at radius 3 is 2.00 bits per heavy atom. The van der Waals surface area contributed by atoms with E-state index >= 15 is 0 Å². The highest BCUT2D eigenvalue weighted by Crippen LogP contribution is 2.78. The summed E-state index contributed by atoms with van der Waals surface area (Å²) in [6.07, 6.45) is -7.07. The van der Waals surface area contributed by atoms with E-state index < -0.39 is 72.9 Å². The number of carbonyl (C=O) groups excluding carboxylic acids is 1. The first-order valence-electron chi connectivity index (χ1n) is 20.3. The van der Waals surface area contributed by atoms with Crippen molar-refractivity contribution in [1.29, 1.82) is 0 Å². The van der Waals surface area contributed by atoms with Crippen molar-refractivity contribution in [3.63, 3.8) is 0 Å². The van der Waals surface area contributed by atoms with Gasteiger partial charge in [0.25, 0.3) is 0 Å². The van der Waals surface area contributed by atoms with Crippen LogP contribution < -0.4 is 0 Å². The first-order valence-corrected chi connectivity index (χ1v) is 20.3. The fourth-order valence-electron chi connectivity index (χ4n) is 14.9. The van der Waals surface area contributed by atoms with Crippen LogP contribution in [0.1, 0.15) is 114 Å². The molecule has 5 saturated carbocycles. The highest BCUT2D eigenvalue weighted by molar-refractivity contribution is 5.83. The van der Waals surface area contributed by atoms with Crippen molar-refractivity contribution in [2.45, 2.75) is 187 Å². The quantitative estimate of drug-likeness (QED) is 0.203. The van der Waals surface area contributed by atoms with Gasteiger partial charge in [0.15, 0.2) is 12.6 Å². The van der Waals surface area contributed by atoms with Gasteiger partial charge in [0.05, 0.1) is 31.0 Å². The third-order valence-corrected chi connectivity index (χ3v) is 17.8. The van der Waals surface area contributed by atoms with Crippen LogP contribution in [0.5, 0.6) is 0 Å². The summed E-state index contributed by atoms with van der Waals surface area (Å²) < 4.78 is 24.4. The fraction of sp³-hybridized carbons (Fsp3) is 0.976. The molecule has 7 N–H and O–H groups in total. The number of aliphatic hydroxyl groups excluding tert-OH is 7. The summed E-state index contributed by atoms with van der Waals surface area (Å²) in [5.74, 6) is 0.322. The Labute approximate surface area is 314 Å². The zero-order valence-corrected chi connectivity index (χ0v) is 33.3. The Morgan fingerprint density at radius 2 is 1.34 bits per heavy atom. The summed E-state index contributed by atoms with van der Waals surface area (Å²) in [5, 5.41) is 77.3. The number of Topliss-reactive ketones (excluding diaryl/α,β-unsaturated/α-hetero) is 1. The van der Waals surface area contributed by atoms with Crippen LogP contribution >= 0.6 is 0 Å². The van der Waals surface area contributed by atoms with E-state index in [1.165, 1.54) is 0 Å². The van der Waals surface area contributed by atoms with Gasteiger partial charge < -0.3 is 54.7 Å². The molecule has 5 aliphatic carbocycles. The zero-order valence-electron chi connectivity index (χ0n) is 33.3. The Hall–Kier alpha value is -0.770. The van der Waals surface area contributed by atoms with Crippen LogP contribution in [0.4, 0.5) is 0 Å². The molecule has 0 aromatic heterocycles. The van der Waals surface area contributed by atoms with E-state index in [0.29, 0.717) is 19.3 Å². The Bertz CT molecular complexity index is 1410. The standard InChI is InChI=1S/C41H68O12/c1-19-27(46)29(48)30(49)34(51-19)53-31-28(47)23(45)18-50-35(31)52-26-11-12-38(6)24(36(26,3)4)10-13-40(8)25(38)16-21(43)33-39(7)15-14-37(5,20(2)42)32(39)22(44)17-41(33,40)9/h19,21-35,43-49H,10-18H2,1-9H3/t19-,21+,22-,23-,24-,25+,26-,27-,28-,29+,30+,31-,32-,33+,34-,35+,37-,38-,39-,40+,41+/m0/s1. The second kappa shape index (κ2) is 13.1. The average Bonchev–Trinajstić information content (AvgIpc) is 3.36. The van der Waals surface area contributed by atoms with Crippen LogP contribution in [0, 0.1) is 56.2 Å². The zero-order chi connectivity index (χ0) is 39.0. The van der Waals surface area contributed by atoms with Gasteiger partial charge in [-0.25, -0.2) is 0 Å². The minimum Gasteiger partial charge on any atom is -0.393 e. The van der Waals surface area contributed by atoms with Crippen LogP contribution in [0.2, 0.25) is 0 Å². The van der Waals surface area contributed by atoms with E-state index in [0.717, 1.165) is 32.1 Å². The average molecular weight is 753 g/mol. The van der Waals surface area contributed by atoms with E-state index in [9.17, 15) is 40.5 Å². The van der Waals surface area contributed by atoms with Crippen molar-refractivity contribution >= 4 is 5.78 Å². The number of fused-ring (bicyclic) bond motifs is 7. The van der Waals surface area contributed by atoms with Gasteiger partial charge in [0.1, 0.15) is 42.4 Å². The predicted octanol–water partition coefficient (Wildman–Crippen LogP) is 2.68. The van der Waals surface area contributed by atoms with E-state index in [1.807, 2.05) is 6.92 Å². The lowest BCUT2D eigenvalue weighted by molar-refractivity contribution is -0.365. The molecule has 7 aliphatic rings. The summed E-state index contributed by atoms with van der Waals surface area (Å²) in [6, 6.07) is 0. The summed E-state index contributed by atoms with van der Waals surface area (Å²) in [6.45, 7) is 18.9. The molecule has 12 nitrogen and oxygen atoms in total. The van der Waals surface area contributed by atoms with Gasteiger partial charge in [-0.1, -0.05) is 48.5 Å². The van der Waals surface area contributed by atoms with Crippen LogP contribution in [0.3, 0.4) is 0 Å². The molecule has 0 radical (unpaired) electrons. The number of ether oxygens (including phenoxy) is 4. The molecule has 0 aromatic carbocycles. The molecule has 12 heteroatoms. The third kappa shape index (κ3) is 5.58. The maximum absolute atomic E-state index is 13.1. The van der Waals surface area contributed by atoms with Gasteiger partial charge in [-0.15, -0.1) is 0 Å². The Balaban J connectivity index is 1.13. The molecule has 7 rings (SSSR count). The molecule has 0 aromatic rings. The molecule has 53 heavy (non-hydrogen) atoms. The van der Waals surface area contributed by atoms with Gasteiger partial charge >= 0.3 is 0 Å². The first-order chi connectivity index (χ1) is 24.5. The Kier molecular flexibility index (Phi) is 10.0. The molecule has 304 valence electrons. The minimum atomic E-state index is -1.60. The lowest BCUT2D eigenvalue weighted by Crippen LogP contribution is -2.72. The van der Waals surface area contributed by atoms with Crippen LogP contribution in [0.15, 0.2) is 0 Å². The van der Waals surface area contributed by atoms with Crippen LogP contribution in [-0.4, -0.2) is 122 Å².